The number of aliphatic hydroxyl groups is 2. The maximum atomic E-state index is 13.5. The van der Waals surface area contributed by atoms with E-state index in [9.17, 15) is 39.2 Å². The Hall–Kier alpha value is -6.18. The van der Waals surface area contributed by atoms with Crippen molar-refractivity contribution < 1.29 is 53.8 Å². The highest BCUT2D eigenvalue weighted by Crippen LogP contribution is 2.38. The zero-order valence-corrected chi connectivity index (χ0v) is 35.5. The lowest BCUT2D eigenvalue weighted by molar-refractivity contribution is -0.139. The number of aromatic hydroxyl groups is 2. The number of ketones is 2. The van der Waals surface area contributed by atoms with E-state index >= 15 is 0 Å². The predicted molar refractivity (Wildman–Crippen MR) is 238 cm³/mol. The van der Waals surface area contributed by atoms with E-state index in [1.165, 1.54) is 50.6 Å². The molecule has 0 aliphatic carbocycles. The second-order valence-corrected chi connectivity index (χ2v) is 14.7. The number of hydrogen-bond acceptors (Lipinski definition) is 9. The Kier molecular flexibility index (Phi) is 19.5. The van der Waals surface area contributed by atoms with Crippen LogP contribution in [0, 0.1) is 5.82 Å². The number of aromatic nitrogens is 1. The number of carboxylic acid groups (broad SMARTS) is 1. The van der Waals surface area contributed by atoms with Crippen LogP contribution in [-0.2, 0) is 14.4 Å². The van der Waals surface area contributed by atoms with E-state index in [1.54, 1.807) is 60.7 Å². The molecule has 5 rings (SSSR count). The fourth-order valence-corrected chi connectivity index (χ4v) is 6.03. The molecule has 61 heavy (non-hydrogen) atoms. The second-order valence-electron chi connectivity index (χ2n) is 13.6. The first-order valence-electron chi connectivity index (χ1n) is 18.7. The van der Waals surface area contributed by atoms with Crippen LogP contribution in [0.2, 0.25) is 0 Å². The van der Waals surface area contributed by atoms with Gasteiger partial charge in [0.2, 0.25) is 0 Å². The number of allylic oxidation sites excluding steroid dienone is 2. The number of phenols is 2. The van der Waals surface area contributed by atoms with Crippen molar-refractivity contribution in [1.29, 1.82) is 0 Å². The fraction of sp³-hybridized carbons (Fsp3) is 0.213. The van der Waals surface area contributed by atoms with Crippen molar-refractivity contribution in [2.24, 2.45) is 0 Å². The maximum Gasteiger partial charge on any atom is 0.305 e. The van der Waals surface area contributed by atoms with Crippen LogP contribution in [0.4, 0.5) is 4.39 Å². The number of ether oxygens (including phenoxy) is 2. The van der Waals surface area contributed by atoms with E-state index in [0.717, 1.165) is 27.7 Å². The first-order chi connectivity index (χ1) is 28.9. The normalized spacial score (nSPS) is 12.2. The smallest absolute Gasteiger partial charge is 0.305 e. The van der Waals surface area contributed by atoms with Crippen LogP contribution in [0.25, 0.3) is 40.3 Å². The van der Waals surface area contributed by atoms with E-state index in [-0.39, 0.29) is 52.3 Å². The number of phenolic OH excluding ortho intramolecular Hbond substituents is 2. The van der Waals surface area contributed by atoms with Crippen molar-refractivity contribution >= 4 is 69.9 Å². The molecule has 4 aromatic carbocycles. The van der Waals surface area contributed by atoms with Crippen molar-refractivity contribution in [3.8, 4) is 34.1 Å². The first-order valence-corrected chi connectivity index (χ1v) is 19.5. The van der Waals surface area contributed by atoms with Crippen molar-refractivity contribution in [3.63, 3.8) is 0 Å². The quantitative estimate of drug-likeness (QED) is 0.0474. The molecule has 0 unspecified atom stereocenters. The third-order valence-corrected chi connectivity index (χ3v) is 8.68. The number of aliphatic carboxylic acids is 1. The summed E-state index contributed by atoms with van der Waals surface area (Å²) in [5.41, 5.74) is 4.98. The molecule has 0 amide bonds. The van der Waals surface area contributed by atoms with Gasteiger partial charge in [-0.2, -0.15) is 0 Å². The van der Waals surface area contributed by atoms with Gasteiger partial charge in [-0.15, -0.1) is 0 Å². The number of carbonyl (C=O) groups excluding carboxylic acids is 2. The maximum absolute atomic E-state index is 13.5. The summed E-state index contributed by atoms with van der Waals surface area (Å²) in [6.07, 6.45) is 6.17. The monoisotopic (exact) mass is 875 g/mol. The van der Waals surface area contributed by atoms with Crippen molar-refractivity contribution in [3.05, 3.63) is 137 Å². The number of halogens is 3. The lowest BCUT2D eigenvalue weighted by Crippen LogP contribution is -2.19. The van der Waals surface area contributed by atoms with Crippen LogP contribution in [0.1, 0.15) is 56.0 Å². The van der Waals surface area contributed by atoms with E-state index in [4.69, 9.17) is 37.8 Å². The summed E-state index contributed by atoms with van der Waals surface area (Å²) in [6, 6.07) is 23.7. The number of carbonyl (C=O) groups is 3. The van der Waals surface area contributed by atoms with Gasteiger partial charge in [0, 0.05) is 34.6 Å². The Morgan fingerprint density at radius 3 is 1.79 bits per heavy atom. The molecule has 0 radical (unpaired) electrons. The molecule has 0 spiro atoms. The van der Waals surface area contributed by atoms with Gasteiger partial charge in [-0.05, 0) is 91.2 Å². The van der Waals surface area contributed by atoms with E-state index < -0.39 is 24.6 Å². The highest BCUT2D eigenvalue weighted by molar-refractivity contribution is 6.55. The molecule has 5 aromatic rings. The Morgan fingerprint density at radius 1 is 0.803 bits per heavy atom. The van der Waals surface area contributed by atoms with Crippen LogP contribution in [0.3, 0.4) is 0 Å². The molecule has 0 saturated carbocycles. The summed E-state index contributed by atoms with van der Waals surface area (Å²) >= 11 is 9.69. The second kappa shape index (κ2) is 24.2. The van der Waals surface area contributed by atoms with Crippen LogP contribution < -0.4 is 9.47 Å². The average molecular weight is 877 g/mol. The van der Waals surface area contributed by atoms with E-state index in [0.29, 0.717) is 22.6 Å². The van der Waals surface area contributed by atoms with Crippen molar-refractivity contribution in [2.75, 3.05) is 14.2 Å². The highest BCUT2D eigenvalue weighted by atomic mass is 35.5. The van der Waals surface area contributed by atoms with E-state index in [2.05, 4.69) is 25.0 Å². The van der Waals surface area contributed by atoms with Crippen LogP contribution in [0.5, 0.6) is 23.0 Å². The van der Waals surface area contributed by atoms with Crippen molar-refractivity contribution in [1.82, 2.24) is 4.57 Å². The zero-order valence-electron chi connectivity index (χ0n) is 34.0. The molecular formula is C47H48Cl2FNO10. The molecule has 0 bridgehead atoms. The minimum absolute atomic E-state index is 0.00662. The number of nitrogens with zero attached hydrogens (tertiary/aromatic N) is 1. The molecule has 1 heterocycles. The molecule has 11 nitrogen and oxygen atoms in total. The third-order valence-electron chi connectivity index (χ3n) is 8.68. The van der Waals surface area contributed by atoms with Gasteiger partial charge < -0.3 is 39.6 Å². The number of benzene rings is 4. The topological polar surface area (TPSA) is 176 Å². The van der Waals surface area contributed by atoms with Crippen LogP contribution >= 0.6 is 23.2 Å². The molecule has 0 saturated heterocycles. The van der Waals surface area contributed by atoms with Crippen LogP contribution in [0.15, 0.2) is 114 Å². The molecule has 322 valence electrons. The lowest BCUT2D eigenvalue weighted by atomic mass is 10.0. The number of fused-ring (bicyclic) bond motifs is 1. The minimum atomic E-state index is -1.13. The number of para-hydroxylation sites is 1. The summed E-state index contributed by atoms with van der Waals surface area (Å²) in [6.45, 7) is 7.21. The molecule has 14 heteroatoms. The molecule has 1 aromatic heterocycles. The van der Waals surface area contributed by atoms with E-state index in [1.807, 2.05) is 24.3 Å². The zero-order chi connectivity index (χ0) is 45.2. The minimum Gasteiger partial charge on any atom is -0.504 e. The standard InChI is InChI=1S/C24H26FNO4.C21H20O6.C2H2Cl2/c1-15(2)26-21-6-4-3-5-20(21)24(16-7-9-17(25)10-8-16)22(26)12-11-18(27)13-19(28)14-23(29)30;1-26-20-11-14(5-9-18(20)24)3-7-16(22)13-17(23)8-4-15-6-10-19(25)21(12-15)27-2;1-2(3)4/h3-12,15,18-19,27-28H,13-14H2,1-2H3,(H,29,30);3-12,24-25H,13H2,1-2H3;1H2/b12-11+;7-3+,8-4+;/t18-,19-;;/m1../s1. The van der Waals surface area contributed by atoms with Gasteiger partial charge in [-0.1, -0.05) is 90.5 Å². The number of methoxy groups -OCH3 is 2. The molecular weight excluding hydrogens is 828 g/mol. The Balaban J connectivity index is 0.000000301. The number of carboxylic acids is 1. The number of aliphatic hydroxyl groups excluding tert-OH is 2. The summed E-state index contributed by atoms with van der Waals surface area (Å²) < 4.78 is 25.7. The Labute approximate surface area is 363 Å². The molecule has 5 N–H and O–H groups in total. The van der Waals surface area contributed by atoms with Crippen LogP contribution in [-0.4, -0.2) is 74.1 Å². The lowest BCUT2D eigenvalue weighted by Gasteiger charge is -2.15. The third kappa shape index (κ3) is 15.7. The fourth-order valence-electron chi connectivity index (χ4n) is 6.03. The van der Waals surface area contributed by atoms with Crippen molar-refractivity contribution in [2.45, 2.75) is 51.4 Å². The highest BCUT2D eigenvalue weighted by Gasteiger charge is 2.20. The summed E-state index contributed by atoms with van der Waals surface area (Å²) in [7, 11) is 2.87. The van der Waals surface area contributed by atoms with Gasteiger partial charge in [0.15, 0.2) is 34.6 Å². The number of rotatable bonds is 16. The van der Waals surface area contributed by atoms with Gasteiger partial charge >= 0.3 is 5.97 Å². The predicted octanol–water partition coefficient (Wildman–Crippen LogP) is 9.93. The van der Waals surface area contributed by atoms with Gasteiger partial charge in [0.25, 0.3) is 0 Å². The summed E-state index contributed by atoms with van der Waals surface area (Å²) in [5.74, 6) is -1.51. The van der Waals surface area contributed by atoms with Gasteiger partial charge in [-0.25, -0.2) is 4.39 Å². The summed E-state index contributed by atoms with van der Waals surface area (Å²) in [4.78, 5) is 34.6. The van der Waals surface area contributed by atoms with Gasteiger partial charge in [-0.3, -0.25) is 14.4 Å². The Morgan fingerprint density at radius 2 is 1.31 bits per heavy atom. The summed E-state index contributed by atoms with van der Waals surface area (Å²) in [5, 5.41) is 49.0. The average Bonchev–Trinajstić information content (AvgIpc) is 3.54. The molecule has 0 fully saturated rings. The largest absolute Gasteiger partial charge is 0.504 e. The van der Waals surface area contributed by atoms with Gasteiger partial charge in [0.05, 0.1) is 43.8 Å². The molecule has 0 aliphatic rings. The molecule has 2 atom stereocenters. The molecule has 0 aliphatic heterocycles. The Bertz CT molecular complexity index is 2310. The number of hydrogen-bond donors (Lipinski definition) is 5. The SMILES string of the molecule is C=C(Cl)Cl.CC(C)n1c(/C=C/[C@@H](O)C[C@@H](O)CC(=O)O)c(-c2ccc(F)cc2)c2ccccc21.COc1cc(/C=C/C(=O)CC(=O)/C=C/c2ccc(O)c(OC)c2)ccc1O. The van der Waals surface area contributed by atoms with Gasteiger partial charge in [0.1, 0.15) is 5.82 Å². The first kappa shape index (κ1) is 49.2.